The smallest absolute Gasteiger partial charge is 0.251 e. The maximum Gasteiger partial charge on any atom is 0.251 e. The second kappa shape index (κ2) is 6.28. The maximum absolute atomic E-state index is 12.1. The highest BCUT2D eigenvalue weighted by Crippen LogP contribution is 2.31. The van der Waals surface area contributed by atoms with Crippen molar-refractivity contribution >= 4 is 11.6 Å². The third-order valence-electron chi connectivity index (χ3n) is 4.35. The minimum atomic E-state index is -0.206. The second-order valence-electron chi connectivity index (χ2n) is 6.00. The van der Waals surface area contributed by atoms with Crippen LogP contribution in [-0.2, 0) is 13.5 Å². The first kappa shape index (κ1) is 15.3. The second-order valence-corrected chi connectivity index (χ2v) is 6.00. The van der Waals surface area contributed by atoms with Crippen molar-refractivity contribution < 1.29 is 4.79 Å². The van der Waals surface area contributed by atoms with Gasteiger partial charge in [-0.25, -0.2) is 0 Å². The average Bonchev–Trinajstić information content (AvgIpc) is 2.86. The summed E-state index contributed by atoms with van der Waals surface area (Å²) in [5, 5.41) is 2.90. The molecule has 1 aromatic heterocycles. The molecule has 5 heteroatoms. The van der Waals surface area contributed by atoms with Gasteiger partial charge in [0.25, 0.3) is 11.5 Å². The summed E-state index contributed by atoms with van der Waals surface area (Å²) in [6, 6.07) is 11.8. The van der Waals surface area contributed by atoms with Crippen molar-refractivity contribution in [1.29, 1.82) is 0 Å². The number of carbonyl (C=O) groups excluding carboxylic acids is 1. The summed E-state index contributed by atoms with van der Waals surface area (Å²) in [5.74, 6) is -0.206. The molecular formula is C18H21N3O2. The van der Waals surface area contributed by atoms with Crippen LogP contribution in [0.5, 0.6) is 0 Å². The number of nitrogens with one attached hydrogen (secondary N) is 1. The summed E-state index contributed by atoms with van der Waals surface area (Å²) in [6.45, 7) is 3.50. The Morgan fingerprint density at radius 2 is 2.09 bits per heavy atom. The zero-order valence-electron chi connectivity index (χ0n) is 13.5. The number of para-hydroxylation sites is 1. The van der Waals surface area contributed by atoms with E-state index in [0.717, 1.165) is 13.0 Å². The molecule has 1 aliphatic rings. The molecule has 1 amide bonds. The molecule has 1 aromatic carbocycles. The first-order valence-electron chi connectivity index (χ1n) is 7.85. The van der Waals surface area contributed by atoms with E-state index in [1.54, 1.807) is 19.3 Å². The van der Waals surface area contributed by atoms with Gasteiger partial charge in [0.1, 0.15) is 0 Å². The van der Waals surface area contributed by atoms with E-state index in [2.05, 4.69) is 35.3 Å². The average molecular weight is 311 g/mol. The van der Waals surface area contributed by atoms with Crippen molar-refractivity contribution in [2.24, 2.45) is 7.05 Å². The number of pyridine rings is 1. The molecule has 0 saturated heterocycles. The molecule has 120 valence electrons. The van der Waals surface area contributed by atoms with Crippen LogP contribution in [0.4, 0.5) is 5.69 Å². The van der Waals surface area contributed by atoms with Gasteiger partial charge < -0.3 is 14.8 Å². The molecule has 23 heavy (non-hydrogen) atoms. The number of aryl methyl sites for hydroxylation is 1. The molecule has 1 N–H and O–H groups in total. The van der Waals surface area contributed by atoms with Crippen molar-refractivity contribution in [2.45, 2.75) is 19.4 Å². The minimum Gasteiger partial charge on any atom is -0.367 e. The Balaban J connectivity index is 1.60. The summed E-state index contributed by atoms with van der Waals surface area (Å²) in [4.78, 5) is 26.0. The Bertz CT molecular complexity index is 782. The summed E-state index contributed by atoms with van der Waals surface area (Å²) < 4.78 is 1.44. The molecule has 0 bridgehead atoms. The molecule has 0 saturated carbocycles. The topological polar surface area (TPSA) is 54.3 Å². The number of hydrogen-bond donors (Lipinski definition) is 1. The molecule has 5 nitrogen and oxygen atoms in total. The van der Waals surface area contributed by atoms with E-state index < -0.39 is 0 Å². The molecule has 1 aliphatic heterocycles. The number of hydrogen-bond acceptors (Lipinski definition) is 3. The Hall–Kier alpha value is -2.56. The van der Waals surface area contributed by atoms with Gasteiger partial charge in [-0.05, 0) is 31.0 Å². The van der Waals surface area contributed by atoms with Crippen molar-refractivity contribution in [3.63, 3.8) is 0 Å². The van der Waals surface area contributed by atoms with Crippen molar-refractivity contribution in [1.82, 2.24) is 9.88 Å². The van der Waals surface area contributed by atoms with E-state index in [0.29, 0.717) is 18.2 Å². The van der Waals surface area contributed by atoms with Gasteiger partial charge in [0.05, 0.1) is 0 Å². The molecule has 3 rings (SSSR count). The van der Waals surface area contributed by atoms with E-state index in [-0.39, 0.29) is 11.5 Å². The van der Waals surface area contributed by atoms with Crippen LogP contribution in [0.1, 0.15) is 22.8 Å². The number of carbonyl (C=O) groups is 1. The normalized spacial score (nSPS) is 16.3. The van der Waals surface area contributed by atoms with Gasteiger partial charge in [-0.15, -0.1) is 0 Å². The van der Waals surface area contributed by atoms with Crippen LogP contribution in [0.2, 0.25) is 0 Å². The lowest BCUT2D eigenvalue weighted by atomic mass is 10.1. The molecule has 0 unspecified atom stereocenters. The van der Waals surface area contributed by atoms with Crippen LogP contribution < -0.4 is 15.8 Å². The fraction of sp³-hybridized carbons (Fsp3) is 0.333. The summed E-state index contributed by atoms with van der Waals surface area (Å²) in [7, 11) is 1.66. The predicted octanol–water partition coefficient (Wildman–Crippen LogP) is 1.57. The number of anilines is 1. The molecule has 2 heterocycles. The van der Waals surface area contributed by atoms with Crippen LogP contribution in [-0.4, -0.2) is 29.6 Å². The van der Waals surface area contributed by atoms with Crippen molar-refractivity contribution in [3.05, 3.63) is 64.1 Å². The Kier molecular flexibility index (Phi) is 4.19. The minimum absolute atomic E-state index is 0.181. The van der Waals surface area contributed by atoms with Gasteiger partial charge >= 0.3 is 0 Å². The molecular weight excluding hydrogens is 290 g/mol. The highest BCUT2D eigenvalue weighted by Gasteiger charge is 2.24. The Morgan fingerprint density at radius 3 is 2.87 bits per heavy atom. The van der Waals surface area contributed by atoms with E-state index in [1.165, 1.54) is 21.9 Å². The highest BCUT2D eigenvalue weighted by atomic mass is 16.2. The van der Waals surface area contributed by atoms with Crippen LogP contribution in [0, 0.1) is 0 Å². The monoisotopic (exact) mass is 311 g/mol. The third kappa shape index (κ3) is 3.13. The van der Waals surface area contributed by atoms with E-state index >= 15 is 0 Å². The van der Waals surface area contributed by atoms with Gasteiger partial charge in [0.2, 0.25) is 0 Å². The Labute approximate surface area is 135 Å². The summed E-state index contributed by atoms with van der Waals surface area (Å²) in [5.41, 5.74) is 2.84. The first-order valence-corrected chi connectivity index (χ1v) is 7.85. The van der Waals surface area contributed by atoms with Crippen molar-refractivity contribution in [3.8, 4) is 0 Å². The largest absolute Gasteiger partial charge is 0.367 e. The molecule has 0 aliphatic carbocycles. The number of amides is 1. The lowest BCUT2D eigenvalue weighted by molar-refractivity contribution is 0.0954. The van der Waals surface area contributed by atoms with Gasteiger partial charge in [0.15, 0.2) is 0 Å². The lowest BCUT2D eigenvalue weighted by Gasteiger charge is -2.25. The zero-order chi connectivity index (χ0) is 16.4. The third-order valence-corrected chi connectivity index (χ3v) is 4.35. The number of nitrogens with zero attached hydrogens (tertiary/aromatic N) is 2. The van der Waals surface area contributed by atoms with E-state index in [4.69, 9.17) is 0 Å². The van der Waals surface area contributed by atoms with E-state index in [1.807, 2.05) is 6.07 Å². The van der Waals surface area contributed by atoms with Crippen LogP contribution >= 0.6 is 0 Å². The van der Waals surface area contributed by atoms with Crippen LogP contribution in [0.3, 0.4) is 0 Å². The summed E-state index contributed by atoms with van der Waals surface area (Å²) in [6.07, 6.45) is 2.65. The SMILES string of the molecule is C[C@@H]1Cc2ccccc2N1CCNC(=O)c1ccn(C)c(=O)c1. The van der Waals surface area contributed by atoms with Crippen LogP contribution in [0.15, 0.2) is 47.4 Å². The summed E-state index contributed by atoms with van der Waals surface area (Å²) >= 11 is 0. The standard InChI is InChI=1S/C18H21N3O2/c1-13-11-14-5-3-4-6-16(14)21(13)10-8-19-18(23)15-7-9-20(2)17(22)12-15/h3-7,9,12-13H,8,10-11H2,1-2H3,(H,19,23)/t13-/m1/s1. The Morgan fingerprint density at radius 1 is 1.30 bits per heavy atom. The zero-order valence-corrected chi connectivity index (χ0v) is 13.5. The number of aromatic nitrogens is 1. The van der Waals surface area contributed by atoms with Crippen LogP contribution in [0.25, 0.3) is 0 Å². The fourth-order valence-corrected chi connectivity index (χ4v) is 3.05. The molecule has 0 spiro atoms. The quantitative estimate of drug-likeness (QED) is 0.932. The first-order chi connectivity index (χ1) is 11.1. The van der Waals surface area contributed by atoms with E-state index in [9.17, 15) is 9.59 Å². The fourth-order valence-electron chi connectivity index (χ4n) is 3.05. The highest BCUT2D eigenvalue weighted by molar-refractivity contribution is 5.93. The molecule has 1 atom stereocenters. The maximum atomic E-state index is 12.1. The predicted molar refractivity (Wildman–Crippen MR) is 91.0 cm³/mol. The van der Waals surface area contributed by atoms with Gasteiger partial charge in [-0.3, -0.25) is 9.59 Å². The number of benzene rings is 1. The molecule has 0 radical (unpaired) electrons. The van der Waals surface area contributed by atoms with Crippen molar-refractivity contribution in [2.75, 3.05) is 18.0 Å². The molecule has 2 aromatic rings. The number of fused-ring (bicyclic) bond motifs is 1. The lowest BCUT2D eigenvalue weighted by Crippen LogP contribution is -2.38. The van der Waals surface area contributed by atoms with Gasteiger partial charge in [-0.1, -0.05) is 18.2 Å². The van der Waals surface area contributed by atoms with Gasteiger partial charge in [-0.2, -0.15) is 0 Å². The van der Waals surface area contributed by atoms with Gasteiger partial charge in [0, 0.05) is 49.7 Å². The molecule has 0 fully saturated rings. The number of rotatable bonds is 4.